The van der Waals surface area contributed by atoms with E-state index in [1.54, 1.807) is 60.3 Å². The number of aliphatic hydroxyl groups excluding tert-OH is 1. The van der Waals surface area contributed by atoms with Crippen LogP contribution in [0.25, 0.3) is 10.8 Å². The summed E-state index contributed by atoms with van der Waals surface area (Å²) >= 11 is 0. The highest BCUT2D eigenvalue weighted by molar-refractivity contribution is 8.76. The normalized spacial score (nSPS) is 30.5. The van der Waals surface area contributed by atoms with Gasteiger partial charge in [0.25, 0.3) is 5.91 Å². The maximum absolute atomic E-state index is 15.8. The molecule has 0 aromatic heterocycles. The van der Waals surface area contributed by atoms with Gasteiger partial charge in [-0.3, -0.25) is 57.7 Å². The fourth-order valence-electron chi connectivity index (χ4n) is 22.4. The second-order valence-corrected chi connectivity index (χ2v) is 41.8. The van der Waals surface area contributed by atoms with Crippen LogP contribution >= 0.6 is 21.6 Å². The van der Waals surface area contributed by atoms with Gasteiger partial charge < -0.3 is 83.2 Å². The first-order valence-corrected chi connectivity index (χ1v) is 49.9. The summed E-state index contributed by atoms with van der Waals surface area (Å²) in [6.45, 7) is 17.2. The lowest BCUT2D eigenvalue weighted by Gasteiger charge is -2.58. The first-order valence-electron chi connectivity index (χ1n) is 47.4. The van der Waals surface area contributed by atoms with E-state index in [0.717, 1.165) is 69.4 Å². The maximum Gasteiger partial charge on any atom is 0.407 e. The Morgan fingerprint density at radius 2 is 1.43 bits per heavy atom. The summed E-state index contributed by atoms with van der Waals surface area (Å²) in [4.78, 5) is 188. The van der Waals surface area contributed by atoms with Crippen LogP contribution in [0.15, 0.2) is 132 Å². The van der Waals surface area contributed by atoms with Crippen molar-refractivity contribution >= 4 is 110 Å². The van der Waals surface area contributed by atoms with Gasteiger partial charge in [0.05, 0.1) is 18.1 Å². The minimum atomic E-state index is -1.64. The molecule has 13 N–H and O–H groups in total. The average Bonchev–Trinajstić information content (AvgIpc) is 1.59. The summed E-state index contributed by atoms with van der Waals surface area (Å²) in [7, 11) is 3.76. The molecule has 31 heteroatoms. The molecular weight excluding hydrogens is 1690 g/mol. The Bertz CT molecular complexity index is 4820. The quantitative estimate of drug-likeness (QED) is 0.0183. The van der Waals surface area contributed by atoms with Crippen LogP contribution in [-0.4, -0.2) is 220 Å². The number of amides is 12. The zero-order chi connectivity index (χ0) is 92.8. The molecule has 12 amide bonds. The number of benzene rings is 3. The molecule has 0 bridgehead atoms. The molecule has 3 aromatic carbocycles. The molecule has 3 saturated carbocycles. The Morgan fingerprint density at radius 3 is 2.18 bits per heavy atom. The van der Waals surface area contributed by atoms with Crippen molar-refractivity contribution in [3.63, 3.8) is 0 Å². The van der Waals surface area contributed by atoms with Gasteiger partial charge in [-0.2, -0.15) is 0 Å². The number of nitrogens with two attached hydrogens (primary N) is 1. The number of carbonyl (C=O) groups is 12. The molecule has 22 unspecified atom stereocenters. The van der Waals surface area contributed by atoms with Crippen molar-refractivity contribution in [2.75, 3.05) is 44.7 Å². The van der Waals surface area contributed by atoms with Gasteiger partial charge in [-0.1, -0.05) is 186 Å². The number of hydrogen-bond acceptors (Lipinski definition) is 19. The Labute approximate surface area is 772 Å². The molecule has 22 atom stereocenters. The Kier molecular flexibility index (Phi) is 33.0. The van der Waals surface area contributed by atoms with Crippen molar-refractivity contribution in [3.05, 3.63) is 138 Å². The molecule has 130 heavy (non-hydrogen) atoms. The van der Waals surface area contributed by atoms with Crippen LogP contribution in [-0.2, 0) is 63.9 Å². The highest BCUT2D eigenvalue weighted by Crippen LogP contribution is 2.67. The number of phenols is 1. The molecule has 13 rings (SSSR count). The Morgan fingerprint density at radius 1 is 0.715 bits per heavy atom. The van der Waals surface area contributed by atoms with Crippen molar-refractivity contribution in [3.8, 4) is 5.75 Å². The van der Waals surface area contributed by atoms with Crippen LogP contribution in [0.1, 0.15) is 201 Å². The fraction of sp³-hybridized carbons (Fsp3) is 0.606. The number of aliphatic hydroxyl groups is 1. The molecule has 5 aliphatic heterocycles. The minimum Gasteiger partial charge on any atom is -0.508 e. The lowest BCUT2D eigenvalue weighted by atomic mass is 9.47. The molecule has 3 aromatic rings. The fourth-order valence-corrected chi connectivity index (χ4v) is 24.8. The Hall–Kier alpha value is -10.0. The molecule has 29 nitrogen and oxygen atoms in total. The van der Waals surface area contributed by atoms with Gasteiger partial charge in [-0.25, -0.2) is 4.79 Å². The zero-order valence-electron chi connectivity index (χ0n) is 76.7. The summed E-state index contributed by atoms with van der Waals surface area (Å²) in [5, 5.41) is 48.5. The smallest absolute Gasteiger partial charge is 0.407 e. The van der Waals surface area contributed by atoms with E-state index in [0.29, 0.717) is 91.4 Å². The second kappa shape index (κ2) is 44.0. The first-order chi connectivity index (χ1) is 62.2. The molecular formula is C99H136N14O15S2. The van der Waals surface area contributed by atoms with Gasteiger partial charge >= 0.3 is 6.09 Å². The molecule has 0 radical (unpaired) electrons. The number of phenolic OH excluding ortho intramolecular Hbond substituents is 1. The number of fused-ring (bicyclic) bond motifs is 7. The lowest BCUT2D eigenvalue weighted by molar-refractivity contribution is -0.145. The van der Waals surface area contributed by atoms with E-state index in [-0.39, 0.29) is 97.9 Å². The van der Waals surface area contributed by atoms with Crippen LogP contribution in [0.3, 0.4) is 0 Å². The standard InChI is InChI=1S/C99H136N14O15S2/c1-57(2)20-16-21-59(5)73-38-39-74-71-37-34-67-51-69(40-42-98(67,7)75(71)41-43-99(73,74)8)128-97(127)101-44-15-14-27-77-88(118)109-84(58(3)4)94(124)108-81(92(122)110-85(60(6)114)86(100)116)56-130-129-55-80(91(121)105-78(48-61-30-35-68(115)36-31-61)89(119)106-79(90(120)104-77)50-66-52-102-76-26-13-12-25-70(66)76)107-87(117)72(64-33-32-62-22-10-11-23-63(62)49-64)53-103-93(123)82-28-18-46-112(82)96(126)83-29-19-47-113(83)95(125)65-24-17-45-111(9)54-65/h10-13,17,22-23,25-26,30-36,45,49,52,54,57-60,66,69-85,114-115H,14-16,18-21,24,27-29,37-44,46-48,50-51,53,55-56H2,1-9H3,(H2,100,116)(H,101,127)(H,103,123)(H,104,120)(H,105,121)(H,106,119)(H,107,117)(H,108,124)(H,109,118)(H,110,122). The van der Waals surface area contributed by atoms with Crippen molar-refractivity contribution in [2.24, 2.45) is 74.8 Å². The number of unbranched alkanes of at least 4 members (excludes halogenated alkanes) is 1. The topological polar surface area (TPSA) is 411 Å². The Balaban J connectivity index is 0.751. The summed E-state index contributed by atoms with van der Waals surface area (Å²) < 4.78 is 6.21. The minimum absolute atomic E-state index is 0.0442. The van der Waals surface area contributed by atoms with Gasteiger partial charge in [-0.05, 0) is 202 Å². The number of ether oxygens (including phenoxy) is 1. The van der Waals surface area contributed by atoms with Gasteiger partial charge in [0, 0.05) is 87.4 Å². The summed E-state index contributed by atoms with van der Waals surface area (Å²) in [6.07, 6.45) is 29.7. The number of aliphatic imine (C=N–C) groups is 1. The van der Waals surface area contributed by atoms with Crippen molar-refractivity contribution in [2.45, 2.75) is 269 Å². The summed E-state index contributed by atoms with van der Waals surface area (Å²) in [5.74, 6) is -7.48. The van der Waals surface area contributed by atoms with Crippen molar-refractivity contribution < 1.29 is 72.5 Å². The van der Waals surface area contributed by atoms with Crippen molar-refractivity contribution in [1.82, 2.24) is 62.6 Å². The average molecular weight is 1830 g/mol. The zero-order valence-corrected chi connectivity index (χ0v) is 78.4. The predicted octanol–water partition coefficient (Wildman–Crippen LogP) is 9.52. The number of likely N-dealkylation sites (tertiary alicyclic amines) is 2. The van der Waals surface area contributed by atoms with E-state index in [2.05, 4.69) is 88.5 Å². The monoisotopic (exact) mass is 1820 g/mol. The molecule has 704 valence electrons. The number of nitrogens with zero attached hydrogens (tertiary/aromatic N) is 4. The molecule has 10 aliphatic rings. The van der Waals surface area contributed by atoms with Crippen LogP contribution < -0.4 is 53.6 Å². The molecule has 6 fully saturated rings. The van der Waals surface area contributed by atoms with Crippen LogP contribution in [0, 0.1) is 64.1 Å². The molecule has 3 saturated heterocycles. The summed E-state index contributed by atoms with van der Waals surface area (Å²) in [6, 6.07) is 6.04. The van der Waals surface area contributed by atoms with Crippen molar-refractivity contribution in [1.29, 1.82) is 0 Å². The van der Waals surface area contributed by atoms with Crippen LogP contribution in [0.2, 0.25) is 0 Å². The number of carbonyl (C=O) groups excluding carboxylic acids is 12. The second-order valence-electron chi connectivity index (χ2n) is 39.3. The third kappa shape index (κ3) is 23.5. The summed E-state index contributed by atoms with van der Waals surface area (Å²) in [5.41, 5.74) is 8.92. The molecule has 5 heterocycles. The van der Waals surface area contributed by atoms with E-state index in [4.69, 9.17) is 15.5 Å². The van der Waals surface area contributed by atoms with E-state index >= 15 is 28.8 Å². The van der Waals surface area contributed by atoms with E-state index < -0.39 is 137 Å². The molecule has 5 aliphatic carbocycles. The third-order valence-electron chi connectivity index (χ3n) is 29.7. The highest BCUT2D eigenvalue weighted by Gasteiger charge is 2.60. The van der Waals surface area contributed by atoms with Gasteiger partial charge in [0.1, 0.15) is 66.2 Å². The number of rotatable bonds is 28. The van der Waals surface area contributed by atoms with Gasteiger partial charge in [0.2, 0.25) is 59.1 Å². The number of primary amides is 1. The first kappa shape index (κ1) is 97.5. The number of allylic oxidation sites excluding steroid dienone is 4. The largest absolute Gasteiger partial charge is 0.508 e. The predicted molar refractivity (Wildman–Crippen MR) is 502 cm³/mol. The van der Waals surface area contributed by atoms with Gasteiger partial charge in [-0.15, -0.1) is 0 Å². The SMILES string of the molecule is CC(C)CCCC(C)C1CCC2C3CC=C4CC(OC(=O)NCCCCC5NC(=O)C(CC6C=NC7C=CC=CC67)NC(=O)C(Cc6ccc(O)cc6)NC(=O)C(NC(=O)C(CNC(=O)C6CCCN6C(=O)C6CCCN6C(=O)C6=CN(C)C=CC6)c6ccc7ccccc7c6)CSSCC(C(=O)NC(C(N)=O)C(C)O)NC(=O)C(C(C)C)NC5=O)CCC4(C)C3CCC12C. The highest BCUT2D eigenvalue weighted by atomic mass is 33.1. The van der Waals surface area contributed by atoms with Crippen LogP contribution in [0.4, 0.5) is 4.79 Å². The van der Waals surface area contributed by atoms with Gasteiger partial charge in [0.15, 0.2) is 0 Å². The lowest BCUT2D eigenvalue weighted by Crippen LogP contribution is -2.62. The number of hydrogen-bond donors (Lipinski definition) is 12. The number of aromatic hydroxyl groups is 1. The molecule has 0 spiro atoms. The van der Waals surface area contributed by atoms with E-state index in [1.165, 1.54) is 74.5 Å². The number of nitrogens with one attached hydrogen (secondary N) is 9. The van der Waals surface area contributed by atoms with Crippen LogP contribution in [0.5, 0.6) is 5.75 Å². The van der Waals surface area contributed by atoms with E-state index in [9.17, 15) is 39.0 Å². The third-order valence-corrected chi connectivity index (χ3v) is 32.1. The maximum atomic E-state index is 15.8. The number of alkyl carbamates (subject to hydrolysis) is 1. The van der Waals surface area contributed by atoms with E-state index in [1.807, 2.05) is 74.0 Å².